The fourth-order valence-electron chi connectivity index (χ4n) is 2.26. The quantitative estimate of drug-likeness (QED) is 0.800. The smallest absolute Gasteiger partial charge is 0.212 e. The van der Waals surface area contributed by atoms with Gasteiger partial charge in [-0.2, -0.15) is 0 Å². The van der Waals surface area contributed by atoms with Crippen LogP contribution in [-0.4, -0.2) is 27.3 Å². The van der Waals surface area contributed by atoms with E-state index in [0.29, 0.717) is 5.75 Å². The third-order valence-electron chi connectivity index (χ3n) is 3.37. The number of ether oxygens (including phenoxy) is 2. The summed E-state index contributed by atoms with van der Waals surface area (Å²) in [7, 11) is 3.21. The van der Waals surface area contributed by atoms with E-state index < -0.39 is 0 Å². The normalized spacial score (nSPS) is 10.7. The summed E-state index contributed by atoms with van der Waals surface area (Å²) in [4.78, 5) is 14.1. The first-order chi connectivity index (χ1) is 9.17. The largest absolute Gasteiger partial charge is 0.497 e. The summed E-state index contributed by atoms with van der Waals surface area (Å²) in [6, 6.07) is 5.52. The van der Waals surface area contributed by atoms with Crippen molar-refractivity contribution in [1.29, 1.82) is 0 Å². The number of rotatable bonds is 6. The SMILES string of the molecule is CCN(CC)c1c(-c2ccc(OC)cc2OC)c1=O. The number of benzene rings is 1. The van der Waals surface area contributed by atoms with Gasteiger partial charge < -0.3 is 14.4 Å². The molecule has 4 heteroatoms. The minimum absolute atomic E-state index is 0.118. The molecule has 0 saturated carbocycles. The van der Waals surface area contributed by atoms with Crippen LogP contribution < -0.4 is 19.8 Å². The summed E-state index contributed by atoms with van der Waals surface area (Å²) >= 11 is 0. The van der Waals surface area contributed by atoms with Crippen molar-refractivity contribution >= 4 is 5.69 Å². The van der Waals surface area contributed by atoms with Crippen LogP contribution >= 0.6 is 0 Å². The van der Waals surface area contributed by atoms with Crippen molar-refractivity contribution in [2.75, 3.05) is 32.2 Å². The van der Waals surface area contributed by atoms with E-state index >= 15 is 0 Å². The van der Waals surface area contributed by atoms with Gasteiger partial charge in [-0.3, -0.25) is 4.79 Å². The summed E-state index contributed by atoms with van der Waals surface area (Å²) < 4.78 is 10.5. The van der Waals surface area contributed by atoms with Crippen molar-refractivity contribution in [1.82, 2.24) is 0 Å². The highest BCUT2D eigenvalue weighted by Gasteiger charge is 2.29. The molecule has 0 aliphatic rings. The van der Waals surface area contributed by atoms with Gasteiger partial charge in [0, 0.05) is 24.7 Å². The van der Waals surface area contributed by atoms with Crippen molar-refractivity contribution in [2.45, 2.75) is 13.8 Å². The molecule has 2 aromatic rings. The predicted octanol–water partition coefficient (Wildman–Crippen LogP) is 2.45. The molecule has 4 nitrogen and oxygen atoms in total. The van der Waals surface area contributed by atoms with Gasteiger partial charge in [0.2, 0.25) is 5.43 Å². The number of hydrogen-bond donors (Lipinski definition) is 0. The molecule has 0 amide bonds. The van der Waals surface area contributed by atoms with Gasteiger partial charge in [-0.25, -0.2) is 0 Å². The monoisotopic (exact) mass is 261 g/mol. The molecule has 2 aromatic carbocycles. The summed E-state index contributed by atoms with van der Waals surface area (Å²) in [5, 5.41) is 0. The molecule has 0 bridgehead atoms. The zero-order chi connectivity index (χ0) is 14.0. The first-order valence-corrected chi connectivity index (χ1v) is 6.44. The van der Waals surface area contributed by atoms with Crippen molar-refractivity contribution in [2.24, 2.45) is 0 Å². The van der Waals surface area contributed by atoms with Gasteiger partial charge in [0.05, 0.1) is 25.5 Å². The molecule has 0 N–H and O–H groups in total. The highest BCUT2D eigenvalue weighted by Crippen LogP contribution is 2.40. The zero-order valence-corrected chi connectivity index (χ0v) is 11.8. The lowest BCUT2D eigenvalue weighted by molar-refractivity contribution is 0.395. The molecule has 0 aromatic heterocycles. The number of methoxy groups -OCH3 is 2. The third kappa shape index (κ3) is 2.30. The molecule has 0 spiro atoms. The van der Waals surface area contributed by atoms with Crippen LogP contribution in [0.4, 0.5) is 5.69 Å². The molecule has 0 heterocycles. The molecule has 0 aliphatic heterocycles. The molecule has 2 rings (SSSR count). The van der Waals surface area contributed by atoms with Gasteiger partial charge in [0.25, 0.3) is 0 Å². The lowest BCUT2D eigenvalue weighted by Crippen LogP contribution is -2.20. The maximum absolute atomic E-state index is 12.0. The van der Waals surface area contributed by atoms with Gasteiger partial charge in [-0.1, -0.05) is 0 Å². The van der Waals surface area contributed by atoms with Crippen molar-refractivity contribution in [3.63, 3.8) is 0 Å². The van der Waals surface area contributed by atoms with Gasteiger partial charge >= 0.3 is 0 Å². The molecule has 19 heavy (non-hydrogen) atoms. The van der Waals surface area contributed by atoms with Gasteiger partial charge in [0.1, 0.15) is 11.5 Å². The minimum atomic E-state index is 0.118. The van der Waals surface area contributed by atoms with Gasteiger partial charge in [-0.15, -0.1) is 0 Å². The molecule has 0 saturated heterocycles. The summed E-state index contributed by atoms with van der Waals surface area (Å²) in [6.45, 7) is 5.76. The fourth-order valence-corrected chi connectivity index (χ4v) is 2.26. The van der Waals surface area contributed by atoms with Gasteiger partial charge in [-0.05, 0) is 26.0 Å². The van der Waals surface area contributed by atoms with Crippen LogP contribution in [0.3, 0.4) is 0 Å². The van der Waals surface area contributed by atoms with E-state index in [4.69, 9.17) is 9.47 Å². The second kappa shape index (κ2) is 5.34. The topological polar surface area (TPSA) is 38.8 Å². The zero-order valence-electron chi connectivity index (χ0n) is 11.8. The molecule has 0 radical (unpaired) electrons. The molecule has 0 atom stereocenters. The Labute approximate surface area is 113 Å². The maximum atomic E-state index is 12.0. The van der Waals surface area contributed by atoms with E-state index in [0.717, 1.165) is 35.7 Å². The van der Waals surface area contributed by atoms with Crippen LogP contribution in [0.5, 0.6) is 11.5 Å². The second-order valence-corrected chi connectivity index (χ2v) is 4.29. The van der Waals surface area contributed by atoms with E-state index in [1.807, 2.05) is 26.0 Å². The van der Waals surface area contributed by atoms with E-state index in [9.17, 15) is 4.79 Å². The second-order valence-electron chi connectivity index (χ2n) is 4.29. The standard InChI is InChI=1S/C15H19NO3/c1-5-16(6-2)14-13(15(14)17)11-8-7-10(18-3)9-12(11)19-4/h7-9H,5-6H2,1-4H3. The van der Waals surface area contributed by atoms with E-state index in [2.05, 4.69) is 4.90 Å². The first kappa shape index (κ1) is 13.5. The van der Waals surface area contributed by atoms with Crippen molar-refractivity contribution in [3.05, 3.63) is 28.4 Å². The van der Waals surface area contributed by atoms with Crippen LogP contribution in [0.25, 0.3) is 11.1 Å². The Hall–Kier alpha value is -1.97. The predicted molar refractivity (Wildman–Crippen MR) is 77.2 cm³/mol. The Morgan fingerprint density at radius 2 is 1.79 bits per heavy atom. The highest BCUT2D eigenvalue weighted by atomic mass is 16.5. The molecule has 0 fully saturated rings. The first-order valence-electron chi connectivity index (χ1n) is 6.44. The lowest BCUT2D eigenvalue weighted by atomic mass is 10.1. The number of anilines is 1. The van der Waals surface area contributed by atoms with Crippen LogP contribution in [0.15, 0.2) is 23.0 Å². The Bertz CT molecular complexity index is 578. The van der Waals surface area contributed by atoms with E-state index in [1.54, 1.807) is 20.3 Å². The number of hydrogen-bond acceptors (Lipinski definition) is 4. The minimum Gasteiger partial charge on any atom is -0.497 e. The highest BCUT2D eigenvalue weighted by molar-refractivity contribution is 5.93. The Kier molecular flexibility index (Phi) is 3.79. The molecular formula is C15H19NO3. The summed E-state index contributed by atoms with van der Waals surface area (Å²) in [5.74, 6) is 1.39. The number of nitrogens with zero attached hydrogens (tertiary/aromatic N) is 1. The fraction of sp³-hybridized carbons (Fsp3) is 0.400. The average Bonchev–Trinajstić information content (AvgIpc) is 3.10. The summed E-state index contributed by atoms with van der Waals surface area (Å²) in [5.41, 5.74) is 2.54. The van der Waals surface area contributed by atoms with E-state index in [-0.39, 0.29) is 5.43 Å². The Morgan fingerprint density at radius 3 is 2.32 bits per heavy atom. The Balaban J connectivity index is 2.40. The molecular weight excluding hydrogens is 242 g/mol. The Morgan fingerprint density at radius 1 is 1.11 bits per heavy atom. The van der Waals surface area contributed by atoms with Crippen LogP contribution in [-0.2, 0) is 0 Å². The van der Waals surface area contributed by atoms with Gasteiger partial charge in [0.15, 0.2) is 0 Å². The van der Waals surface area contributed by atoms with Crippen LogP contribution in [0, 0.1) is 0 Å². The van der Waals surface area contributed by atoms with Crippen molar-refractivity contribution in [3.8, 4) is 22.6 Å². The van der Waals surface area contributed by atoms with Crippen LogP contribution in [0.2, 0.25) is 0 Å². The van der Waals surface area contributed by atoms with Crippen molar-refractivity contribution < 1.29 is 9.47 Å². The van der Waals surface area contributed by atoms with E-state index in [1.165, 1.54) is 0 Å². The molecule has 102 valence electrons. The average molecular weight is 261 g/mol. The summed E-state index contributed by atoms with van der Waals surface area (Å²) in [6.07, 6.45) is 0. The van der Waals surface area contributed by atoms with Crippen LogP contribution in [0.1, 0.15) is 13.8 Å². The molecule has 0 unspecified atom stereocenters. The lowest BCUT2D eigenvalue weighted by Gasteiger charge is -2.15. The molecule has 0 aliphatic carbocycles. The maximum Gasteiger partial charge on any atom is 0.212 e. The third-order valence-corrected chi connectivity index (χ3v) is 3.37.